The van der Waals surface area contributed by atoms with Gasteiger partial charge in [0.1, 0.15) is 5.41 Å². The molecule has 7 heteroatoms. The van der Waals surface area contributed by atoms with Crippen molar-refractivity contribution in [2.24, 2.45) is 23.4 Å². The summed E-state index contributed by atoms with van der Waals surface area (Å²) in [4.78, 5) is 12.2. The van der Waals surface area contributed by atoms with Gasteiger partial charge in [0, 0.05) is 24.8 Å². The predicted molar refractivity (Wildman–Crippen MR) is 71.6 cm³/mol. The Bertz CT molecular complexity index is 494. The third-order valence-corrected chi connectivity index (χ3v) is 3.66. The zero-order valence-electron chi connectivity index (χ0n) is 11.8. The fourth-order valence-electron chi connectivity index (χ4n) is 1.66. The van der Waals surface area contributed by atoms with E-state index in [0.717, 1.165) is 11.3 Å². The summed E-state index contributed by atoms with van der Waals surface area (Å²) in [6, 6.07) is 0. The number of amides is 1. The highest BCUT2D eigenvalue weighted by Crippen LogP contribution is 2.21. The van der Waals surface area contributed by atoms with E-state index in [1.807, 2.05) is 20.9 Å². The molecule has 1 unspecified atom stereocenters. The highest BCUT2D eigenvalue weighted by Gasteiger charge is 2.36. The maximum atomic E-state index is 12.2. The molecule has 0 aromatic carbocycles. The van der Waals surface area contributed by atoms with Gasteiger partial charge in [-0.05, 0) is 20.3 Å². The number of amidine groups is 1. The van der Waals surface area contributed by atoms with Gasteiger partial charge in [0.15, 0.2) is 5.84 Å². The number of nitrogens with one attached hydrogen (secondary N) is 1. The van der Waals surface area contributed by atoms with Crippen LogP contribution >= 0.6 is 0 Å². The van der Waals surface area contributed by atoms with E-state index in [0.29, 0.717) is 13.0 Å². The number of hydrogen-bond acceptors (Lipinski definition) is 4. The van der Waals surface area contributed by atoms with Crippen molar-refractivity contribution in [2.45, 2.75) is 33.7 Å². The van der Waals surface area contributed by atoms with Gasteiger partial charge >= 0.3 is 0 Å². The Morgan fingerprint density at radius 3 is 2.74 bits per heavy atom. The molecule has 0 aliphatic rings. The molecule has 1 aromatic rings. The molecule has 0 saturated carbocycles. The number of oxime groups is 1. The number of carbonyl (C=O) groups excluding carboxylic acids is 1. The summed E-state index contributed by atoms with van der Waals surface area (Å²) in [5, 5.41) is 18.6. The van der Waals surface area contributed by atoms with Gasteiger partial charge in [-0.2, -0.15) is 5.10 Å². The van der Waals surface area contributed by atoms with Gasteiger partial charge in [0.2, 0.25) is 5.91 Å². The quantitative estimate of drug-likeness (QED) is 0.313. The molecular weight excluding hydrogens is 246 g/mol. The molecule has 19 heavy (non-hydrogen) atoms. The minimum atomic E-state index is -1.01. The fourth-order valence-corrected chi connectivity index (χ4v) is 1.66. The first-order chi connectivity index (χ1) is 8.86. The molecule has 4 N–H and O–H groups in total. The van der Waals surface area contributed by atoms with Gasteiger partial charge in [-0.1, -0.05) is 12.1 Å². The molecule has 1 heterocycles. The maximum absolute atomic E-state index is 12.2. The molecule has 0 radical (unpaired) electrons. The Morgan fingerprint density at radius 2 is 2.32 bits per heavy atom. The van der Waals surface area contributed by atoms with Crippen LogP contribution in [0.3, 0.4) is 0 Å². The SMILES string of the molecule is CCC(C)(C(=O)NCc1cnn(C)c1C)C(N)=NO. The van der Waals surface area contributed by atoms with Crippen molar-refractivity contribution < 1.29 is 10.0 Å². The Hall–Kier alpha value is -2.05. The van der Waals surface area contributed by atoms with Gasteiger partial charge in [0.05, 0.1) is 6.20 Å². The van der Waals surface area contributed by atoms with Crippen LogP contribution in [-0.4, -0.2) is 26.7 Å². The monoisotopic (exact) mass is 267 g/mol. The van der Waals surface area contributed by atoms with E-state index in [2.05, 4.69) is 15.6 Å². The lowest BCUT2D eigenvalue weighted by atomic mass is 9.85. The summed E-state index contributed by atoms with van der Waals surface area (Å²) in [6.45, 7) is 5.75. The second-order valence-electron chi connectivity index (χ2n) is 4.73. The summed E-state index contributed by atoms with van der Waals surface area (Å²) in [6.07, 6.45) is 2.16. The van der Waals surface area contributed by atoms with E-state index in [1.165, 1.54) is 0 Å². The van der Waals surface area contributed by atoms with Crippen LogP contribution in [0.2, 0.25) is 0 Å². The molecular formula is C12H21N5O2. The van der Waals surface area contributed by atoms with Crippen molar-refractivity contribution in [3.05, 3.63) is 17.5 Å². The predicted octanol–water partition coefficient (Wildman–Crippen LogP) is 0.507. The van der Waals surface area contributed by atoms with Crippen molar-refractivity contribution in [3.8, 4) is 0 Å². The highest BCUT2D eigenvalue weighted by molar-refractivity contribution is 6.06. The standard InChI is InChI=1S/C12H21N5O2/c1-5-12(3,10(13)16-19)11(18)14-6-9-7-15-17(4)8(9)2/h7,19H,5-6H2,1-4H3,(H2,13,16)(H,14,18). The third-order valence-electron chi connectivity index (χ3n) is 3.66. The van der Waals surface area contributed by atoms with Gasteiger partial charge in [-0.3, -0.25) is 9.48 Å². The largest absolute Gasteiger partial charge is 0.409 e. The minimum Gasteiger partial charge on any atom is -0.409 e. The van der Waals surface area contributed by atoms with Gasteiger partial charge in [-0.25, -0.2) is 0 Å². The van der Waals surface area contributed by atoms with Crippen LogP contribution < -0.4 is 11.1 Å². The lowest BCUT2D eigenvalue weighted by molar-refractivity contribution is -0.127. The number of aromatic nitrogens is 2. The molecule has 0 aliphatic carbocycles. The number of nitrogens with zero attached hydrogens (tertiary/aromatic N) is 3. The molecule has 1 amide bonds. The molecule has 7 nitrogen and oxygen atoms in total. The smallest absolute Gasteiger partial charge is 0.233 e. The first kappa shape index (κ1) is 15.0. The van der Waals surface area contributed by atoms with Crippen LogP contribution in [0.5, 0.6) is 0 Å². The number of nitrogens with two attached hydrogens (primary N) is 1. The highest BCUT2D eigenvalue weighted by atomic mass is 16.4. The number of hydrogen-bond donors (Lipinski definition) is 3. The average molecular weight is 267 g/mol. The Morgan fingerprint density at radius 1 is 1.68 bits per heavy atom. The van der Waals surface area contributed by atoms with Crippen molar-refractivity contribution in [1.29, 1.82) is 0 Å². The fraction of sp³-hybridized carbons (Fsp3) is 0.583. The number of aryl methyl sites for hydroxylation is 1. The molecule has 1 atom stereocenters. The van der Waals surface area contributed by atoms with Crippen molar-refractivity contribution in [1.82, 2.24) is 15.1 Å². The van der Waals surface area contributed by atoms with Crippen LogP contribution in [-0.2, 0) is 18.4 Å². The summed E-state index contributed by atoms with van der Waals surface area (Å²) >= 11 is 0. The first-order valence-corrected chi connectivity index (χ1v) is 6.10. The average Bonchev–Trinajstić information content (AvgIpc) is 2.74. The summed E-state index contributed by atoms with van der Waals surface area (Å²) in [5.41, 5.74) is 6.51. The second kappa shape index (κ2) is 5.73. The Balaban J connectivity index is 2.77. The zero-order chi connectivity index (χ0) is 14.6. The molecule has 0 spiro atoms. The molecule has 0 fully saturated rings. The summed E-state index contributed by atoms with van der Waals surface area (Å²) in [5.74, 6) is -0.357. The van der Waals surface area contributed by atoms with Crippen LogP contribution in [0, 0.1) is 12.3 Å². The summed E-state index contributed by atoms with van der Waals surface area (Å²) in [7, 11) is 1.84. The van der Waals surface area contributed by atoms with E-state index in [9.17, 15) is 4.79 Å². The topological polar surface area (TPSA) is 106 Å². The molecule has 0 bridgehead atoms. The number of rotatable bonds is 5. The second-order valence-corrected chi connectivity index (χ2v) is 4.73. The van der Waals surface area contributed by atoms with Crippen molar-refractivity contribution in [3.63, 3.8) is 0 Å². The summed E-state index contributed by atoms with van der Waals surface area (Å²) < 4.78 is 1.74. The molecule has 0 aliphatic heterocycles. The molecule has 0 saturated heterocycles. The van der Waals surface area contributed by atoms with Crippen molar-refractivity contribution >= 4 is 11.7 Å². The lowest BCUT2D eigenvalue weighted by Crippen LogP contribution is -2.47. The van der Waals surface area contributed by atoms with E-state index < -0.39 is 5.41 Å². The van der Waals surface area contributed by atoms with E-state index in [1.54, 1.807) is 17.8 Å². The van der Waals surface area contributed by atoms with E-state index in [-0.39, 0.29) is 11.7 Å². The van der Waals surface area contributed by atoms with E-state index in [4.69, 9.17) is 10.9 Å². The van der Waals surface area contributed by atoms with Crippen LogP contribution in [0.25, 0.3) is 0 Å². The minimum absolute atomic E-state index is 0.0876. The van der Waals surface area contributed by atoms with E-state index >= 15 is 0 Å². The van der Waals surface area contributed by atoms with Crippen LogP contribution in [0.4, 0.5) is 0 Å². The maximum Gasteiger partial charge on any atom is 0.233 e. The Labute approximate surface area is 112 Å². The van der Waals surface area contributed by atoms with Gasteiger partial charge < -0.3 is 16.3 Å². The zero-order valence-corrected chi connectivity index (χ0v) is 11.8. The Kier molecular flexibility index (Phi) is 4.52. The van der Waals surface area contributed by atoms with Crippen LogP contribution in [0.15, 0.2) is 11.4 Å². The van der Waals surface area contributed by atoms with Gasteiger partial charge in [0.25, 0.3) is 0 Å². The van der Waals surface area contributed by atoms with Crippen molar-refractivity contribution in [2.75, 3.05) is 0 Å². The third kappa shape index (κ3) is 2.86. The van der Waals surface area contributed by atoms with Gasteiger partial charge in [-0.15, -0.1) is 0 Å². The molecule has 1 rings (SSSR count). The number of carbonyl (C=O) groups is 1. The molecule has 106 valence electrons. The normalized spacial score (nSPS) is 15.1. The van der Waals surface area contributed by atoms with Crippen LogP contribution in [0.1, 0.15) is 31.5 Å². The first-order valence-electron chi connectivity index (χ1n) is 6.10. The molecule has 1 aromatic heterocycles. The lowest BCUT2D eigenvalue weighted by Gasteiger charge is -2.25.